The van der Waals surface area contributed by atoms with Crippen LogP contribution in [0.3, 0.4) is 0 Å². The molecule has 1 aromatic rings. The average molecular weight is 414 g/mol. The molecule has 1 aromatic carbocycles. The van der Waals surface area contributed by atoms with Crippen LogP contribution in [0.4, 0.5) is 10.1 Å². The van der Waals surface area contributed by atoms with E-state index in [1.807, 2.05) is 81.2 Å². The van der Waals surface area contributed by atoms with E-state index in [1.54, 1.807) is 12.2 Å². The number of benzene rings is 1. The van der Waals surface area contributed by atoms with E-state index in [2.05, 4.69) is 0 Å². The first-order valence-corrected chi connectivity index (χ1v) is 10.3. The Hall–Kier alpha value is -2.44. The summed E-state index contributed by atoms with van der Waals surface area (Å²) >= 11 is 0. The third kappa shape index (κ3) is 4.99. The van der Waals surface area contributed by atoms with Gasteiger partial charge in [-0.2, -0.15) is 0 Å². The van der Waals surface area contributed by atoms with E-state index in [1.165, 1.54) is 0 Å². The molecule has 0 saturated carbocycles. The van der Waals surface area contributed by atoms with Crippen LogP contribution in [-0.4, -0.2) is 55.9 Å². The topological polar surface area (TPSA) is 48.3 Å². The molecule has 5 nitrogen and oxygen atoms in total. The van der Waals surface area contributed by atoms with Gasteiger partial charge in [-0.25, -0.2) is 4.39 Å². The third-order valence-electron chi connectivity index (χ3n) is 5.74. The van der Waals surface area contributed by atoms with Gasteiger partial charge in [0.2, 0.25) is 0 Å². The summed E-state index contributed by atoms with van der Waals surface area (Å²) in [6.45, 7) is 4.25. The summed E-state index contributed by atoms with van der Waals surface area (Å²) in [6, 6.07) is 9.87. The Morgan fingerprint density at radius 2 is 1.87 bits per heavy atom. The fourth-order valence-corrected chi connectivity index (χ4v) is 3.90. The molecule has 1 N–H and O–H groups in total. The molecule has 0 fully saturated rings. The van der Waals surface area contributed by atoms with E-state index >= 15 is 0 Å². The summed E-state index contributed by atoms with van der Waals surface area (Å²) in [6.07, 6.45) is 4.95. The molecule has 1 aliphatic carbocycles. The number of para-hydroxylation sites is 1. The molecule has 162 valence electrons. The fraction of sp³-hybridized carbons (Fsp3) is 0.458. The number of hydrogen-bond acceptors (Lipinski definition) is 5. The zero-order chi connectivity index (χ0) is 21.8. The van der Waals surface area contributed by atoms with Gasteiger partial charge in [0, 0.05) is 24.4 Å². The van der Waals surface area contributed by atoms with Crippen molar-refractivity contribution in [2.75, 3.05) is 32.8 Å². The van der Waals surface area contributed by atoms with Gasteiger partial charge in [-0.1, -0.05) is 36.8 Å². The van der Waals surface area contributed by atoms with Crippen molar-refractivity contribution in [1.82, 2.24) is 4.90 Å². The van der Waals surface area contributed by atoms with Crippen molar-refractivity contribution in [2.24, 2.45) is 16.8 Å². The molecule has 0 bridgehead atoms. The van der Waals surface area contributed by atoms with Crippen LogP contribution in [0.15, 0.2) is 70.7 Å². The maximum absolute atomic E-state index is 14.9. The SMILES string of the molecule is CC1=CC(OCN(C)C)=C(F)C(C)C1CC1=NC(N(C)c2ccccc2)C(O)C=C1. The van der Waals surface area contributed by atoms with Crippen molar-refractivity contribution in [3.63, 3.8) is 0 Å². The highest BCUT2D eigenvalue weighted by molar-refractivity contribution is 5.96. The van der Waals surface area contributed by atoms with E-state index in [0.29, 0.717) is 18.9 Å². The largest absolute Gasteiger partial charge is 0.475 e. The van der Waals surface area contributed by atoms with Crippen molar-refractivity contribution in [3.05, 3.63) is 65.7 Å². The number of hydrogen-bond donors (Lipinski definition) is 1. The molecule has 2 aliphatic rings. The number of aliphatic hydroxyl groups excluding tert-OH is 1. The maximum atomic E-state index is 14.9. The van der Waals surface area contributed by atoms with Crippen molar-refractivity contribution in [2.45, 2.75) is 32.5 Å². The zero-order valence-corrected chi connectivity index (χ0v) is 18.4. The van der Waals surface area contributed by atoms with Crippen molar-refractivity contribution in [1.29, 1.82) is 0 Å². The minimum absolute atomic E-state index is 0.00182. The molecule has 0 saturated heterocycles. The number of rotatable bonds is 7. The first kappa shape index (κ1) is 22.2. The summed E-state index contributed by atoms with van der Waals surface area (Å²) < 4.78 is 20.6. The van der Waals surface area contributed by atoms with Crippen LogP contribution < -0.4 is 4.90 Å². The number of halogens is 1. The Labute approximate surface area is 178 Å². The molecule has 6 heteroatoms. The monoisotopic (exact) mass is 413 g/mol. The summed E-state index contributed by atoms with van der Waals surface area (Å²) in [5.41, 5.74) is 2.93. The lowest BCUT2D eigenvalue weighted by Gasteiger charge is -2.34. The number of nitrogens with zero attached hydrogens (tertiary/aromatic N) is 3. The van der Waals surface area contributed by atoms with Crippen molar-refractivity contribution < 1.29 is 14.2 Å². The smallest absolute Gasteiger partial charge is 0.152 e. The molecule has 0 radical (unpaired) electrons. The van der Waals surface area contributed by atoms with Gasteiger partial charge in [-0.15, -0.1) is 0 Å². The van der Waals surface area contributed by atoms with Crippen molar-refractivity contribution in [3.8, 4) is 0 Å². The average Bonchev–Trinajstić information content (AvgIpc) is 2.74. The number of anilines is 1. The van der Waals surface area contributed by atoms with E-state index in [9.17, 15) is 9.50 Å². The van der Waals surface area contributed by atoms with Gasteiger partial charge in [0.05, 0.1) is 0 Å². The van der Waals surface area contributed by atoms with Crippen LogP contribution in [0.25, 0.3) is 0 Å². The number of aliphatic imine (C=N–C) groups is 1. The van der Waals surface area contributed by atoms with Gasteiger partial charge < -0.3 is 14.7 Å². The second kappa shape index (κ2) is 9.58. The number of dihydropyridines is 1. The first-order valence-electron chi connectivity index (χ1n) is 10.3. The molecule has 3 rings (SSSR count). The summed E-state index contributed by atoms with van der Waals surface area (Å²) in [5, 5.41) is 10.5. The van der Waals surface area contributed by atoms with Gasteiger partial charge in [0.25, 0.3) is 0 Å². The standard InChI is InChI=1S/C24H32FN3O2/c1-16-13-22(30-15-27(3)4)23(25)17(2)20(16)14-18-11-12-21(29)24(26-18)28(5)19-9-7-6-8-10-19/h6-13,17,20-21,24,29H,14-15H2,1-5H3. The third-order valence-corrected chi connectivity index (χ3v) is 5.74. The van der Waals surface area contributed by atoms with Gasteiger partial charge in [0.1, 0.15) is 18.7 Å². The molecule has 1 aliphatic heterocycles. The van der Waals surface area contributed by atoms with Crippen LogP contribution in [-0.2, 0) is 4.74 Å². The second-order valence-electron chi connectivity index (χ2n) is 8.38. The van der Waals surface area contributed by atoms with Crippen LogP contribution in [0.1, 0.15) is 20.3 Å². The van der Waals surface area contributed by atoms with Gasteiger partial charge in [0.15, 0.2) is 11.9 Å². The number of aliphatic hydroxyl groups is 1. The van der Waals surface area contributed by atoms with Gasteiger partial charge in [-0.3, -0.25) is 9.89 Å². The Morgan fingerprint density at radius 3 is 2.53 bits per heavy atom. The normalized spacial score (nSPS) is 26.5. The Bertz CT molecular complexity index is 860. The Morgan fingerprint density at radius 1 is 1.17 bits per heavy atom. The lowest BCUT2D eigenvalue weighted by atomic mass is 9.79. The van der Waals surface area contributed by atoms with Crippen LogP contribution in [0.5, 0.6) is 0 Å². The van der Waals surface area contributed by atoms with Gasteiger partial charge >= 0.3 is 0 Å². The molecule has 4 atom stereocenters. The molecule has 30 heavy (non-hydrogen) atoms. The fourth-order valence-electron chi connectivity index (χ4n) is 3.90. The summed E-state index contributed by atoms with van der Waals surface area (Å²) in [5.74, 6) is -0.188. The molecular weight excluding hydrogens is 381 g/mol. The second-order valence-corrected chi connectivity index (χ2v) is 8.38. The molecule has 0 aromatic heterocycles. The van der Waals surface area contributed by atoms with E-state index < -0.39 is 12.3 Å². The summed E-state index contributed by atoms with van der Waals surface area (Å²) in [7, 11) is 5.69. The number of likely N-dealkylation sites (N-methyl/N-ethyl adjacent to an activating group) is 1. The molecule has 0 amide bonds. The van der Waals surface area contributed by atoms with E-state index in [0.717, 1.165) is 17.0 Å². The molecule has 1 heterocycles. The lowest BCUT2D eigenvalue weighted by Crippen LogP contribution is -2.41. The van der Waals surface area contributed by atoms with Crippen LogP contribution in [0.2, 0.25) is 0 Å². The van der Waals surface area contributed by atoms with E-state index in [-0.39, 0.29) is 17.7 Å². The molecular formula is C24H32FN3O2. The predicted molar refractivity (Wildman–Crippen MR) is 120 cm³/mol. The number of allylic oxidation sites excluding steroid dienone is 4. The maximum Gasteiger partial charge on any atom is 0.152 e. The molecule has 0 spiro atoms. The van der Waals surface area contributed by atoms with Crippen LogP contribution in [0, 0.1) is 11.8 Å². The quantitative estimate of drug-likeness (QED) is 0.683. The predicted octanol–water partition coefficient (Wildman–Crippen LogP) is 4.14. The highest BCUT2D eigenvalue weighted by Crippen LogP contribution is 2.38. The highest BCUT2D eigenvalue weighted by Gasteiger charge is 2.32. The van der Waals surface area contributed by atoms with Crippen molar-refractivity contribution >= 4 is 11.4 Å². The van der Waals surface area contributed by atoms with Gasteiger partial charge in [-0.05, 0) is 57.6 Å². The zero-order valence-electron chi connectivity index (χ0n) is 18.4. The lowest BCUT2D eigenvalue weighted by molar-refractivity contribution is 0.106. The van der Waals surface area contributed by atoms with Crippen LogP contribution >= 0.6 is 0 Å². The minimum atomic E-state index is -0.693. The Kier molecular flexibility index (Phi) is 7.10. The molecule has 4 unspecified atom stereocenters. The van der Waals surface area contributed by atoms with E-state index in [4.69, 9.17) is 9.73 Å². The highest BCUT2D eigenvalue weighted by atomic mass is 19.1. The number of ether oxygens (including phenoxy) is 1. The minimum Gasteiger partial charge on any atom is -0.475 e. The Balaban J connectivity index is 1.75. The first-order chi connectivity index (χ1) is 14.3. The summed E-state index contributed by atoms with van der Waals surface area (Å²) in [4.78, 5) is 8.63.